The SMILES string of the molecule is CCCCCC1CCC(c2c(F)c(F)c(C#Cc3ccc4cc(F)ccc4c3)c(F)c2F)CC1. The maximum atomic E-state index is 14.9. The molecule has 0 aromatic heterocycles. The molecule has 0 atom stereocenters. The molecule has 1 fully saturated rings. The second-order valence-electron chi connectivity index (χ2n) is 9.21. The third-order valence-electron chi connectivity index (χ3n) is 6.90. The van der Waals surface area contributed by atoms with Gasteiger partial charge in [-0.25, -0.2) is 22.0 Å². The predicted octanol–water partition coefficient (Wildman–Crippen LogP) is 8.79. The topological polar surface area (TPSA) is 0 Å². The minimum absolute atomic E-state index is 0.383. The van der Waals surface area contributed by atoms with Gasteiger partial charge in [-0.2, -0.15) is 0 Å². The van der Waals surface area contributed by atoms with Gasteiger partial charge in [0.15, 0.2) is 23.3 Å². The first-order valence-corrected chi connectivity index (χ1v) is 12.0. The van der Waals surface area contributed by atoms with Gasteiger partial charge in [0.05, 0.1) is 0 Å². The van der Waals surface area contributed by atoms with E-state index in [0.29, 0.717) is 35.1 Å². The molecule has 0 unspecified atom stereocenters. The quantitative estimate of drug-likeness (QED) is 0.151. The highest BCUT2D eigenvalue weighted by atomic mass is 19.2. The van der Waals surface area contributed by atoms with Crippen LogP contribution < -0.4 is 0 Å². The van der Waals surface area contributed by atoms with Crippen LogP contribution in [0.25, 0.3) is 10.8 Å². The van der Waals surface area contributed by atoms with Gasteiger partial charge in [-0.15, -0.1) is 0 Å². The zero-order chi connectivity index (χ0) is 24.2. The number of rotatable bonds is 5. The molecule has 34 heavy (non-hydrogen) atoms. The van der Waals surface area contributed by atoms with Gasteiger partial charge in [-0.3, -0.25) is 0 Å². The van der Waals surface area contributed by atoms with Gasteiger partial charge in [-0.05, 0) is 72.6 Å². The largest absolute Gasteiger partial charge is 0.207 e. The molecule has 0 heterocycles. The number of hydrogen-bond acceptors (Lipinski definition) is 0. The minimum atomic E-state index is -1.45. The van der Waals surface area contributed by atoms with Crippen LogP contribution >= 0.6 is 0 Å². The third-order valence-corrected chi connectivity index (χ3v) is 6.90. The van der Waals surface area contributed by atoms with Crippen molar-refractivity contribution < 1.29 is 22.0 Å². The Morgan fingerprint density at radius 1 is 0.735 bits per heavy atom. The molecule has 1 aliphatic rings. The summed E-state index contributed by atoms with van der Waals surface area (Å²) in [7, 11) is 0. The monoisotopic (exact) mass is 470 g/mol. The van der Waals surface area contributed by atoms with Crippen LogP contribution in [0.2, 0.25) is 0 Å². The van der Waals surface area contributed by atoms with E-state index in [9.17, 15) is 22.0 Å². The number of unbranched alkanes of at least 4 members (excludes halogenated alkanes) is 2. The molecular formula is C29H27F5. The molecule has 0 spiro atoms. The van der Waals surface area contributed by atoms with Crippen molar-refractivity contribution in [1.82, 2.24) is 0 Å². The summed E-state index contributed by atoms with van der Waals surface area (Å²) < 4.78 is 72.8. The summed E-state index contributed by atoms with van der Waals surface area (Å²) in [6.45, 7) is 2.14. The van der Waals surface area contributed by atoms with E-state index in [1.165, 1.54) is 18.6 Å². The molecule has 4 rings (SSSR count). The van der Waals surface area contributed by atoms with Gasteiger partial charge < -0.3 is 0 Å². The molecule has 0 saturated heterocycles. The molecule has 1 aliphatic carbocycles. The summed E-state index contributed by atoms with van der Waals surface area (Å²) >= 11 is 0. The van der Waals surface area contributed by atoms with Gasteiger partial charge in [0.1, 0.15) is 11.4 Å². The molecule has 0 N–H and O–H groups in total. The third kappa shape index (κ3) is 5.12. The Hall–Kier alpha value is -2.87. The lowest BCUT2D eigenvalue weighted by Crippen LogP contribution is -2.18. The van der Waals surface area contributed by atoms with Crippen molar-refractivity contribution in [2.45, 2.75) is 64.2 Å². The highest BCUT2D eigenvalue weighted by Gasteiger charge is 2.32. The smallest absolute Gasteiger partial charge is 0.177 e. The molecular weight excluding hydrogens is 443 g/mol. The molecule has 0 bridgehead atoms. The standard InChI is InChI=1S/C29H27F5/c1-2-3-4-5-18-6-10-20(11-7-18)25-28(33)26(31)24(27(32)29(25)34)15-9-19-8-12-22-17-23(30)14-13-21(22)16-19/h8,12-14,16-18,20H,2-7,10-11H2,1H3. The van der Waals surface area contributed by atoms with Crippen LogP contribution in [0, 0.1) is 46.8 Å². The second kappa shape index (κ2) is 10.6. The van der Waals surface area contributed by atoms with Crippen LogP contribution in [0.3, 0.4) is 0 Å². The first-order valence-electron chi connectivity index (χ1n) is 12.0. The average Bonchev–Trinajstić information content (AvgIpc) is 2.84. The summed E-state index contributed by atoms with van der Waals surface area (Å²) in [5.41, 5.74) is -1.00. The number of hydrogen-bond donors (Lipinski definition) is 0. The van der Waals surface area contributed by atoms with Crippen LogP contribution in [0.1, 0.15) is 80.9 Å². The van der Waals surface area contributed by atoms with Crippen molar-refractivity contribution in [2.75, 3.05) is 0 Å². The van der Waals surface area contributed by atoms with Gasteiger partial charge in [0.2, 0.25) is 0 Å². The fourth-order valence-corrected chi connectivity index (χ4v) is 4.97. The van der Waals surface area contributed by atoms with Crippen LogP contribution in [-0.2, 0) is 0 Å². The Morgan fingerprint density at radius 3 is 2.06 bits per heavy atom. The van der Waals surface area contributed by atoms with E-state index in [1.807, 2.05) is 0 Å². The molecule has 1 saturated carbocycles. The maximum absolute atomic E-state index is 14.9. The van der Waals surface area contributed by atoms with Crippen LogP contribution in [0.15, 0.2) is 36.4 Å². The lowest BCUT2D eigenvalue weighted by Gasteiger charge is -2.29. The van der Waals surface area contributed by atoms with E-state index in [1.54, 1.807) is 24.3 Å². The number of benzene rings is 3. The van der Waals surface area contributed by atoms with Crippen LogP contribution in [0.5, 0.6) is 0 Å². The maximum Gasteiger partial charge on any atom is 0.177 e. The first kappa shape index (κ1) is 24.3. The Kier molecular flexibility index (Phi) is 7.56. The van der Waals surface area contributed by atoms with Gasteiger partial charge in [0, 0.05) is 11.1 Å². The zero-order valence-corrected chi connectivity index (χ0v) is 19.2. The van der Waals surface area contributed by atoms with E-state index in [-0.39, 0.29) is 5.82 Å². The molecule has 5 heteroatoms. The van der Waals surface area contributed by atoms with Crippen molar-refractivity contribution in [2.24, 2.45) is 5.92 Å². The Bertz CT molecular complexity index is 1210. The summed E-state index contributed by atoms with van der Waals surface area (Å²) in [6.07, 6.45) is 7.19. The first-order chi connectivity index (χ1) is 16.4. The van der Waals surface area contributed by atoms with E-state index in [4.69, 9.17) is 0 Å². The summed E-state index contributed by atoms with van der Waals surface area (Å²) in [4.78, 5) is 0. The van der Waals surface area contributed by atoms with Crippen LogP contribution in [0.4, 0.5) is 22.0 Å². The van der Waals surface area contributed by atoms with Crippen molar-refractivity contribution >= 4 is 10.8 Å². The van der Waals surface area contributed by atoms with Crippen molar-refractivity contribution in [3.8, 4) is 11.8 Å². The fourth-order valence-electron chi connectivity index (χ4n) is 4.97. The highest BCUT2D eigenvalue weighted by Crippen LogP contribution is 2.41. The molecule has 178 valence electrons. The van der Waals surface area contributed by atoms with E-state index >= 15 is 0 Å². The Labute approximate surface area is 197 Å². The van der Waals surface area contributed by atoms with E-state index in [2.05, 4.69) is 18.8 Å². The Morgan fingerprint density at radius 2 is 1.38 bits per heavy atom. The highest BCUT2D eigenvalue weighted by molar-refractivity contribution is 5.84. The summed E-state index contributed by atoms with van der Waals surface area (Å²) in [5, 5.41) is 1.33. The number of fused-ring (bicyclic) bond motifs is 1. The Balaban J connectivity index is 1.57. The second-order valence-corrected chi connectivity index (χ2v) is 9.21. The molecule has 0 amide bonds. The lowest BCUT2D eigenvalue weighted by molar-refractivity contribution is 0.290. The van der Waals surface area contributed by atoms with Crippen molar-refractivity contribution in [1.29, 1.82) is 0 Å². The van der Waals surface area contributed by atoms with Gasteiger partial charge in [-0.1, -0.05) is 56.6 Å². The molecule has 0 radical (unpaired) electrons. The molecule has 3 aromatic carbocycles. The molecule has 3 aromatic rings. The lowest BCUT2D eigenvalue weighted by atomic mass is 9.76. The summed E-state index contributed by atoms with van der Waals surface area (Å²) in [5.74, 6) is -1.15. The predicted molar refractivity (Wildman–Crippen MR) is 125 cm³/mol. The zero-order valence-electron chi connectivity index (χ0n) is 19.2. The summed E-state index contributed by atoms with van der Waals surface area (Å²) in [6, 6.07) is 9.01. The number of halogens is 5. The van der Waals surface area contributed by atoms with Crippen LogP contribution in [-0.4, -0.2) is 0 Å². The van der Waals surface area contributed by atoms with Crippen molar-refractivity contribution in [3.05, 3.63) is 82.2 Å². The molecule has 0 nitrogen and oxygen atoms in total. The minimum Gasteiger partial charge on any atom is -0.207 e. The molecule has 0 aliphatic heterocycles. The van der Waals surface area contributed by atoms with Gasteiger partial charge >= 0.3 is 0 Å². The fraction of sp³-hybridized carbons (Fsp3) is 0.379. The average molecular weight is 471 g/mol. The van der Waals surface area contributed by atoms with Gasteiger partial charge in [0.25, 0.3) is 0 Å². The van der Waals surface area contributed by atoms with E-state index in [0.717, 1.165) is 32.1 Å². The van der Waals surface area contributed by atoms with E-state index < -0.39 is 40.3 Å². The normalized spacial score (nSPS) is 18.1. The van der Waals surface area contributed by atoms with Crippen molar-refractivity contribution in [3.63, 3.8) is 0 Å².